The van der Waals surface area contributed by atoms with Gasteiger partial charge in [-0.1, -0.05) is 29.8 Å². The Labute approximate surface area is 130 Å². The second kappa shape index (κ2) is 7.94. The maximum Gasteiger partial charge on any atom is 0.326 e. The van der Waals surface area contributed by atoms with E-state index >= 15 is 0 Å². The topological polar surface area (TPSA) is 90.7 Å². The lowest BCUT2D eigenvalue weighted by atomic mass is 10.2. The van der Waals surface area contributed by atoms with E-state index in [0.29, 0.717) is 4.47 Å². The van der Waals surface area contributed by atoms with Crippen LogP contribution in [-0.2, 0) is 9.53 Å². The van der Waals surface area contributed by atoms with Gasteiger partial charge in [-0.3, -0.25) is 20.2 Å². The molecule has 1 atom stereocenters. The Balaban J connectivity index is 2.84. The zero-order valence-electron chi connectivity index (χ0n) is 12.0. The van der Waals surface area contributed by atoms with Gasteiger partial charge in [0.25, 0.3) is 0 Å². The molecule has 0 heterocycles. The van der Waals surface area contributed by atoms with Crippen molar-refractivity contribution < 1.29 is 19.2 Å². The number of esters is 1. The van der Waals surface area contributed by atoms with Crippen molar-refractivity contribution >= 4 is 27.6 Å². The number of hydrogen-bond acceptors (Lipinski definition) is 6. The first-order valence-corrected chi connectivity index (χ1v) is 7.05. The summed E-state index contributed by atoms with van der Waals surface area (Å²) in [7, 11) is 1.28. The summed E-state index contributed by atoms with van der Waals surface area (Å²) in [6, 6.07) is 3.80. The summed E-state index contributed by atoms with van der Waals surface area (Å²) in [6.07, 6.45) is 0. The molecule has 7 nitrogen and oxygen atoms in total. The van der Waals surface area contributed by atoms with E-state index in [0.717, 1.165) is 0 Å². The zero-order valence-corrected chi connectivity index (χ0v) is 13.5. The number of halogens is 1. The fraction of sp³-hybridized carbons (Fsp3) is 0.462. The molecule has 0 bridgehead atoms. The summed E-state index contributed by atoms with van der Waals surface area (Å²) in [6.45, 7) is 3.68. The number of nitrogens with one attached hydrogen (secondary N) is 1. The van der Waals surface area contributed by atoms with Crippen LogP contribution in [0.2, 0.25) is 0 Å². The van der Waals surface area contributed by atoms with Gasteiger partial charge in [-0.15, -0.1) is 0 Å². The van der Waals surface area contributed by atoms with Gasteiger partial charge < -0.3 is 9.47 Å². The Morgan fingerprint density at radius 3 is 2.67 bits per heavy atom. The number of rotatable bonds is 7. The van der Waals surface area contributed by atoms with Crippen LogP contribution in [0.1, 0.15) is 13.8 Å². The molecule has 0 aliphatic heterocycles. The number of hydrogen-bond donors (Lipinski definition) is 1. The van der Waals surface area contributed by atoms with Gasteiger partial charge in [-0.25, -0.2) is 0 Å². The number of carbonyl (C=O) groups is 1. The highest BCUT2D eigenvalue weighted by Gasteiger charge is 2.23. The largest absolute Gasteiger partial charge is 0.485 e. The fourth-order valence-electron chi connectivity index (χ4n) is 1.66. The summed E-state index contributed by atoms with van der Waals surface area (Å²) >= 11 is 3.17. The van der Waals surface area contributed by atoms with Gasteiger partial charge in [0.2, 0.25) is 0 Å². The van der Waals surface area contributed by atoms with E-state index in [2.05, 4.69) is 26.0 Å². The molecule has 1 unspecified atom stereocenters. The van der Waals surface area contributed by atoms with E-state index < -0.39 is 16.9 Å². The quantitative estimate of drug-likeness (QED) is 0.455. The Morgan fingerprint density at radius 2 is 2.14 bits per heavy atom. The van der Waals surface area contributed by atoms with Gasteiger partial charge in [0.1, 0.15) is 12.6 Å². The predicted molar refractivity (Wildman–Crippen MR) is 80.4 cm³/mol. The first kappa shape index (κ1) is 17.4. The van der Waals surface area contributed by atoms with Crippen LogP contribution in [0.3, 0.4) is 0 Å². The third-order valence-electron chi connectivity index (χ3n) is 2.54. The van der Waals surface area contributed by atoms with Crippen LogP contribution >= 0.6 is 15.9 Å². The number of benzene rings is 1. The number of ether oxygens (including phenoxy) is 2. The Bertz CT molecular complexity index is 521. The highest BCUT2D eigenvalue weighted by Crippen LogP contribution is 2.30. The second-order valence-electron chi connectivity index (χ2n) is 4.58. The van der Waals surface area contributed by atoms with Crippen molar-refractivity contribution in [3.63, 3.8) is 0 Å². The average molecular weight is 361 g/mol. The lowest BCUT2D eigenvalue weighted by Crippen LogP contribution is -2.45. The minimum absolute atomic E-state index is 0.0394. The second-order valence-corrected chi connectivity index (χ2v) is 5.49. The molecule has 116 valence electrons. The maximum atomic E-state index is 11.6. The molecule has 1 aromatic rings. The van der Waals surface area contributed by atoms with Crippen LogP contribution in [-0.4, -0.2) is 36.7 Å². The molecule has 0 fully saturated rings. The van der Waals surface area contributed by atoms with Gasteiger partial charge in [0, 0.05) is 16.6 Å². The minimum atomic E-state index is -0.696. The Kier molecular flexibility index (Phi) is 6.57. The molecule has 8 heteroatoms. The van der Waals surface area contributed by atoms with Crippen LogP contribution in [0.15, 0.2) is 22.7 Å². The van der Waals surface area contributed by atoms with Crippen molar-refractivity contribution in [1.82, 2.24) is 5.32 Å². The number of carbonyl (C=O) groups excluding carboxylic acids is 1. The predicted octanol–water partition coefficient (Wildman–Crippen LogP) is 2.28. The van der Waals surface area contributed by atoms with E-state index in [-0.39, 0.29) is 24.1 Å². The minimum Gasteiger partial charge on any atom is -0.485 e. The summed E-state index contributed by atoms with van der Waals surface area (Å²) in [4.78, 5) is 22.1. The summed E-state index contributed by atoms with van der Waals surface area (Å²) in [5.74, 6) is -0.383. The first-order valence-electron chi connectivity index (χ1n) is 6.25. The number of nitro groups is 1. The van der Waals surface area contributed by atoms with Crippen LogP contribution in [0.5, 0.6) is 5.75 Å². The van der Waals surface area contributed by atoms with Crippen molar-refractivity contribution in [3.05, 3.63) is 32.8 Å². The van der Waals surface area contributed by atoms with Crippen LogP contribution in [0, 0.1) is 10.1 Å². The van der Waals surface area contributed by atoms with Crippen LogP contribution in [0.4, 0.5) is 5.69 Å². The van der Waals surface area contributed by atoms with Gasteiger partial charge in [-0.2, -0.15) is 0 Å². The molecule has 0 aromatic heterocycles. The molecule has 1 aromatic carbocycles. The fourth-order valence-corrected chi connectivity index (χ4v) is 2.01. The molecule has 0 aliphatic carbocycles. The molecular weight excluding hydrogens is 344 g/mol. The van der Waals surface area contributed by atoms with E-state index in [1.165, 1.54) is 19.2 Å². The third-order valence-corrected chi connectivity index (χ3v) is 3.04. The van der Waals surface area contributed by atoms with Gasteiger partial charge >= 0.3 is 11.7 Å². The highest BCUT2D eigenvalue weighted by atomic mass is 79.9. The number of methoxy groups -OCH3 is 1. The normalized spacial score (nSPS) is 12.0. The van der Waals surface area contributed by atoms with E-state index in [1.54, 1.807) is 6.07 Å². The highest BCUT2D eigenvalue weighted by molar-refractivity contribution is 9.10. The first-order chi connectivity index (χ1) is 9.85. The van der Waals surface area contributed by atoms with Crippen molar-refractivity contribution in [3.8, 4) is 5.75 Å². The maximum absolute atomic E-state index is 11.6. The monoisotopic (exact) mass is 360 g/mol. The van der Waals surface area contributed by atoms with Crippen molar-refractivity contribution in [2.75, 3.05) is 13.7 Å². The van der Waals surface area contributed by atoms with Gasteiger partial charge in [0.15, 0.2) is 5.75 Å². The van der Waals surface area contributed by atoms with Crippen molar-refractivity contribution in [2.45, 2.75) is 25.9 Å². The lowest BCUT2D eigenvalue weighted by Gasteiger charge is -2.19. The van der Waals surface area contributed by atoms with Crippen molar-refractivity contribution in [2.24, 2.45) is 0 Å². The molecule has 1 N–H and O–H groups in total. The Hall–Kier alpha value is -1.67. The molecule has 0 radical (unpaired) electrons. The lowest BCUT2D eigenvalue weighted by molar-refractivity contribution is -0.386. The summed E-state index contributed by atoms with van der Waals surface area (Å²) < 4.78 is 10.7. The molecule has 1 rings (SSSR count). The molecule has 0 amide bonds. The van der Waals surface area contributed by atoms with E-state index in [1.807, 2.05) is 13.8 Å². The third kappa shape index (κ3) is 5.31. The standard InChI is InChI=1S/C13H17BrN2O5/c1-8(2)15-10(13(17)20-3)7-21-12-5-4-9(14)6-11(12)16(18)19/h4-6,8,10,15H,7H2,1-3H3. The number of nitro benzene ring substituents is 1. The molecule has 0 saturated carbocycles. The summed E-state index contributed by atoms with van der Waals surface area (Å²) in [5.41, 5.74) is -0.169. The molecule has 21 heavy (non-hydrogen) atoms. The van der Waals surface area contributed by atoms with Gasteiger partial charge in [-0.05, 0) is 12.1 Å². The number of nitrogens with zero attached hydrogens (tertiary/aromatic N) is 1. The smallest absolute Gasteiger partial charge is 0.326 e. The van der Waals surface area contributed by atoms with Crippen LogP contribution < -0.4 is 10.1 Å². The molecule has 0 spiro atoms. The average Bonchev–Trinajstić information content (AvgIpc) is 2.42. The summed E-state index contributed by atoms with van der Waals surface area (Å²) in [5, 5.41) is 14.0. The van der Waals surface area contributed by atoms with E-state index in [9.17, 15) is 14.9 Å². The zero-order chi connectivity index (χ0) is 16.0. The SMILES string of the molecule is COC(=O)C(COc1ccc(Br)cc1[N+](=O)[O-])NC(C)C. The van der Waals surface area contributed by atoms with Crippen molar-refractivity contribution in [1.29, 1.82) is 0 Å². The molecule has 0 saturated heterocycles. The Morgan fingerprint density at radius 1 is 1.48 bits per heavy atom. The van der Waals surface area contributed by atoms with E-state index in [4.69, 9.17) is 4.74 Å². The molecular formula is C13H17BrN2O5. The molecule has 0 aliphatic rings. The van der Waals surface area contributed by atoms with Gasteiger partial charge in [0.05, 0.1) is 12.0 Å². The van der Waals surface area contributed by atoms with Crippen LogP contribution in [0.25, 0.3) is 0 Å².